The fourth-order valence-corrected chi connectivity index (χ4v) is 1.75. The Kier molecular flexibility index (Phi) is 2.07. The molecule has 3 N–H and O–H groups in total. The molecule has 2 nitrogen and oxygen atoms in total. The fraction of sp³-hybridized carbons (Fsp3) is 0.273. The van der Waals surface area contributed by atoms with Gasteiger partial charge >= 0.3 is 0 Å². The molecule has 2 rings (SSSR count). The average molecular weight is 175 g/mol. The second-order valence-corrected chi connectivity index (χ2v) is 3.40. The van der Waals surface area contributed by atoms with Crippen LogP contribution in [0.2, 0.25) is 0 Å². The van der Waals surface area contributed by atoms with E-state index in [1.54, 1.807) is 6.07 Å². The molecule has 0 bridgehead atoms. The Balaban J connectivity index is 2.25. The predicted octanol–water partition coefficient (Wildman–Crippen LogP) is 1.68. The molecule has 0 unspecified atom stereocenters. The van der Waals surface area contributed by atoms with Gasteiger partial charge < -0.3 is 10.8 Å². The van der Waals surface area contributed by atoms with E-state index in [9.17, 15) is 5.11 Å². The monoisotopic (exact) mass is 175 g/mol. The second-order valence-electron chi connectivity index (χ2n) is 3.40. The van der Waals surface area contributed by atoms with Gasteiger partial charge in [0, 0.05) is 0 Å². The van der Waals surface area contributed by atoms with E-state index in [1.807, 2.05) is 12.1 Å². The highest BCUT2D eigenvalue weighted by atomic mass is 16.3. The van der Waals surface area contributed by atoms with Gasteiger partial charge in [-0.05, 0) is 42.6 Å². The van der Waals surface area contributed by atoms with Crippen molar-refractivity contribution < 1.29 is 5.11 Å². The van der Waals surface area contributed by atoms with Crippen molar-refractivity contribution in [1.82, 2.24) is 0 Å². The van der Waals surface area contributed by atoms with E-state index in [1.165, 1.54) is 16.7 Å². The maximum atomic E-state index is 9.26. The number of rotatable bonds is 2. The third-order valence-electron chi connectivity index (χ3n) is 2.37. The first-order chi connectivity index (χ1) is 6.29. The summed E-state index contributed by atoms with van der Waals surface area (Å²) in [5.74, 6) is 0.348. The van der Waals surface area contributed by atoms with Crippen LogP contribution in [0.4, 0.5) is 0 Å². The SMILES string of the molecule is NCCC1=Cc2ccc(O)cc2C1. The molecule has 0 atom stereocenters. The van der Waals surface area contributed by atoms with E-state index >= 15 is 0 Å². The molecule has 1 aliphatic carbocycles. The smallest absolute Gasteiger partial charge is 0.115 e. The Morgan fingerprint density at radius 2 is 2.23 bits per heavy atom. The molecule has 2 heteroatoms. The van der Waals surface area contributed by atoms with Gasteiger partial charge in [0.2, 0.25) is 0 Å². The van der Waals surface area contributed by atoms with E-state index in [0.717, 1.165) is 12.8 Å². The number of fused-ring (bicyclic) bond motifs is 1. The van der Waals surface area contributed by atoms with Crippen molar-refractivity contribution in [2.24, 2.45) is 5.73 Å². The Labute approximate surface area is 77.7 Å². The largest absolute Gasteiger partial charge is 0.508 e. The Hall–Kier alpha value is -1.28. The van der Waals surface area contributed by atoms with Crippen LogP contribution in [0.1, 0.15) is 17.5 Å². The molecular formula is C11H13NO. The van der Waals surface area contributed by atoms with Gasteiger partial charge in [-0.2, -0.15) is 0 Å². The summed E-state index contributed by atoms with van der Waals surface area (Å²) in [6, 6.07) is 5.50. The summed E-state index contributed by atoms with van der Waals surface area (Å²) in [7, 11) is 0. The van der Waals surface area contributed by atoms with Gasteiger partial charge in [-0.3, -0.25) is 0 Å². The molecule has 1 aliphatic rings. The second kappa shape index (κ2) is 3.23. The number of hydrogen-bond acceptors (Lipinski definition) is 2. The van der Waals surface area contributed by atoms with Crippen molar-refractivity contribution in [3.05, 3.63) is 34.9 Å². The molecule has 0 aromatic heterocycles. The average Bonchev–Trinajstić information content (AvgIpc) is 2.46. The normalized spacial score (nSPS) is 14.1. The minimum absolute atomic E-state index is 0.348. The zero-order valence-corrected chi connectivity index (χ0v) is 7.46. The lowest BCUT2D eigenvalue weighted by Crippen LogP contribution is -1.99. The highest BCUT2D eigenvalue weighted by Gasteiger charge is 2.11. The van der Waals surface area contributed by atoms with Crippen LogP contribution >= 0.6 is 0 Å². The lowest BCUT2D eigenvalue weighted by molar-refractivity contribution is 0.474. The molecule has 0 fully saturated rings. The molecule has 0 heterocycles. The lowest BCUT2D eigenvalue weighted by atomic mass is 10.1. The van der Waals surface area contributed by atoms with Gasteiger partial charge in [0.15, 0.2) is 0 Å². The van der Waals surface area contributed by atoms with Crippen LogP contribution in [0.25, 0.3) is 6.08 Å². The number of hydrogen-bond donors (Lipinski definition) is 2. The first-order valence-corrected chi connectivity index (χ1v) is 4.51. The Bertz CT molecular complexity index is 355. The molecule has 0 aliphatic heterocycles. The number of benzene rings is 1. The quantitative estimate of drug-likeness (QED) is 0.718. The summed E-state index contributed by atoms with van der Waals surface area (Å²) in [6.07, 6.45) is 4.07. The molecule has 0 amide bonds. The van der Waals surface area contributed by atoms with Crippen molar-refractivity contribution in [2.45, 2.75) is 12.8 Å². The van der Waals surface area contributed by atoms with Crippen LogP contribution in [-0.2, 0) is 6.42 Å². The van der Waals surface area contributed by atoms with Crippen molar-refractivity contribution in [3.8, 4) is 5.75 Å². The maximum Gasteiger partial charge on any atom is 0.115 e. The molecule has 0 saturated heterocycles. The van der Waals surface area contributed by atoms with Crippen molar-refractivity contribution >= 4 is 6.08 Å². The summed E-state index contributed by atoms with van der Waals surface area (Å²) in [5, 5.41) is 9.26. The van der Waals surface area contributed by atoms with Crippen LogP contribution in [0.5, 0.6) is 5.75 Å². The zero-order chi connectivity index (χ0) is 9.26. The van der Waals surface area contributed by atoms with Crippen molar-refractivity contribution in [1.29, 1.82) is 0 Å². The summed E-state index contributed by atoms with van der Waals surface area (Å²) >= 11 is 0. The van der Waals surface area contributed by atoms with Gasteiger partial charge in [0.25, 0.3) is 0 Å². The van der Waals surface area contributed by atoms with Gasteiger partial charge in [0.05, 0.1) is 0 Å². The van der Waals surface area contributed by atoms with Crippen LogP contribution in [0.15, 0.2) is 23.8 Å². The minimum atomic E-state index is 0.348. The van der Waals surface area contributed by atoms with Crippen LogP contribution in [0, 0.1) is 0 Å². The predicted molar refractivity (Wildman–Crippen MR) is 53.5 cm³/mol. The first kappa shape index (κ1) is 8.32. The highest BCUT2D eigenvalue weighted by molar-refractivity contribution is 5.64. The van der Waals surface area contributed by atoms with E-state index in [-0.39, 0.29) is 0 Å². The Morgan fingerprint density at radius 1 is 1.38 bits per heavy atom. The molecule has 0 radical (unpaired) electrons. The molecule has 1 aromatic carbocycles. The fourth-order valence-electron chi connectivity index (χ4n) is 1.75. The van der Waals surface area contributed by atoms with Gasteiger partial charge in [-0.25, -0.2) is 0 Å². The molecule has 13 heavy (non-hydrogen) atoms. The molecule has 68 valence electrons. The van der Waals surface area contributed by atoms with Gasteiger partial charge in [0.1, 0.15) is 5.75 Å². The topological polar surface area (TPSA) is 46.2 Å². The van der Waals surface area contributed by atoms with E-state index < -0.39 is 0 Å². The maximum absolute atomic E-state index is 9.26. The lowest BCUT2D eigenvalue weighted by Gasteiger charge is -1.99. The number of phenols is 1. The van der Waals surface area contributed by atoms with E-state index in [0.29, 0.717) is 12.3 Å². The van der Waals surface area contributed by atoms with E-state index in [4.69, 9.17) is 5.73 Å². The summed E-state index contributed by atoms with van der Waals surface area (Å²) in [4.78, 5) is 0. The summed E-state index contributed by atoms with van der Waals surface area (Å²) in [6.45, 7) is 0.700. The Morgan fingerprint density at radius 3 is 3.00 bits per heavy atom. The van der Waals surface area contributed by atoms with Crippen molar-refractivity contribution in [2.75, 3.05) is 6.54 Å². The van der Waals surface area contributed by atoms with Crippen LogP contribution < -0.4 is 5.73 Å². The zero-order valence-electron chi connectivity index (χ0n) is 7.46. The summed E-state index contributed by atoms with van der Waals surface area (Å²) in [5.41, 5.74) is 9.28. The molecule has 0 saturated carbocycles. The molecule has 1 aromatic rings. The molecule has 0 spiro atoms. The van der Waals surface area contributed by atoms with Crippen molar-refractivity contribution in [3.63, 3.8) is 0 Å². The van der Waals surface area contributed by atoms with Gasteiger partial charge in [-0.1, -0.05) is 17.7 Å². The number of phenolic OH excluding ortho intramolecular Hbond substituents is 1. The number of aromatic hydroxyl groups is 1. The third-order valence-corrected chi connectivity index (χ3v) is 2.37. The number of nitrogens with two attached hydrogens (primary N) is 1. The van der Waals surface area contributed by atoms with Crippen LogP contribution in [0.3, 0.4) is 0 Å². The third kappa shape index (κ3) is 1.58. The minimum Gasteiger partial charge on any atom is -0.508 e. The van der Waals surface area contributed by atoms with Gasteiger partial charge in [-0.15, -0.1) is 0 Å². The van der Waals surface area contributed by atoms with E-state index in [2.05, 4.69) is 6.08 Å². The van der Waals surface area contributed by atoms with Crippen LogP contribution in [-0.4, -0.2) is 11.7 Å². The molecular weight excluding hydrogens is 162 g/mol. The first-order valence-electron chi connectivity index (χ1n) is 4.51. The summed E-state index contributed by atoms with van der Waals surface area (Å²) < 4.78 is 0. The standard InChI is InChI=1S/C11H13NO/c12-4-3-8-5-9-1-2-11(13)7-10(9)6-8/h1-2,5,7,13H,3-4,6,12H2. The highest BCUT2D eigenvalue weighted by Crippen LogP contribution is 2.28.